The summed E-state index contributed by atoms with van der Waals surface area (Å²) >= 11 is 5.85. The van der Waals surface area contributed by atoms with E-state index in [1.165, 1.54) is 5.56 Å². The van der Waals surface area contributed by atoms with E-state index >= 15 is 0 Å². The number of aromatic nitrogens is 3. The maximum absolute atomic E-state index is 5.85. The lowest BCUT2D eigenvalue weighted by molar-refractivity contribution is 0.319. The van der Waals surface area contributed by atoms with Gasteiger partial charge in [0.1, 0.15) is 5.15 Å². The molecule has 0 saturated carbocycles. The van der Waals surface area contributed by atoms with Crippen LogP contribution in [0.15, 0.2) is 30.7 Å². The Morgan fingerprint density at radius 2 is 2.12 bits per heavy atom. The van der Waals surface area contributed by atoms with E-state index in [-0.39, 0.29) is 0 Å². The van der Waals surface area contributed by atoms with Gasteiger partial charge in [-0.2, -0.15) is 5.10 Å². The van der Waals surface area contributed by atoms with Crippen molar-refractivity contribution in [3.8, 4) is 0 Å². The topological polar surface area (TPSA) is 34.0 Å². The highest BCUT2D eigenvalue weighted by Crippen LogP contribution is 2.10. The molecule has 0 radical (unpaired) electrons. The molecule has 2 heterocycles. The molecular formula is C12H15ClN4. The molecule has 0 unspecified atom stereocenters. The lowest BCUT2D eigenvalue weighted by Crippen LogP contribution is -2.16. The molecule has 2 rings (SSSR count). The van der Waals surface area contributed by atoms with Crippen LogP contribution in [0.4, 0.5) is 0 Å². The van der Waals surface area contributed by atoms with E-state index in [9.17, 15) is 0 Å². The Bertz CT molecular complexity index is 495. The fourth-order valence-electron chi connectivity index (χ4n) is 1.77. The number of rotatable bonds is 4. The van der Waals surface area contributed by atoms with Crippen molar-refractivity contribution in [2.24, 2.45) is 7.05 Å². The van der Waals surface area contributed by atoms with Crippen LogP contribution in [-0.4, -0.2) is 26.7 Å². The second-order valence-electron chi connectivity index (χ2n) is 4.18. The van der Waals surface area contributed by atoms with Crippen molar-refractivity contribution in [3.05, 3.63) is 47.0 Å². The lowest BCUT2D eigenvalue weighted by atomic mass is 10.2. The summed E-state index contributed by atoms with van der Waals surface area (Å²) in [4.78, 5) is 6.18. The lowest BCUT2D eigenvalue weighted by Gasteiger charge is -2.15. The number of nitrogens with zero attached hydrogens (tertiary/aromatic N) is 4. The summed E-state index contributed by atoms with van der Waals surface area (Å²) in [6.45, 7) is 1.71. The van der Waals surface area contributed by atoms with Gasteiger partial charge in [0.05, 0.1) is 6.20 Å². The van der Waals surface area contributed by atoms with Crippen molar-refractivity contribution in [1.82, 2.24) is 19.7 Å². The summed E-state index contributed by atoms with van der Waals surface area (Å²) in [7, 11) is 3.99. The van der Waals surface area contributed by atoms with Gasteiger partial charge in [-0.25, -0.2) is 4.98 Å². The van der Waals surface area contributed by atoms with Crippen molar-refractivity contribution in [1.29, 1.82) is 0 Å². The molecule has 5 heteroatoms. The molecule has 2 aromatic rings. The van der Waals surface area contributed by atoms with E-state index in [0.29, 0.717) is 5.15 Å². The molecule has 0 aromatic carbocycles. The maximum atomic E-state index is 5.85. The van der Waals surface area contributed by atoms with Crippen molar-refractivity contribution < 1.29 is 0 Å². The predicted molar refractivity (Wildman–Crippen MR) is 67.6 cm³/mol. The van der Waals surface area contributed by atoms with Crippen molar-refractivity contribution in [2.45, 2.75) is 13.1 Å². The third-order valence-electron chi connectivity index (χ3n) is 2.45. The smallest absolute Gasteiger partial charge is 0.129 e. The van der Waals surface area contributed by atoms with E-state index in [1.54, 1.807) is 6.20 Å². The summed E-state index contributed by atoms with van der Waals surface area (Å²) in [5, 5.41) is 4.69. The van der Waals surface area contributed by atoms with Gasteiger partial charge in [0.2, 0.25) is 0 Å². The molecule has 90 valence electrons. The largest absolute Gasteiger partial charge is 0.298 e. The molecule has 0 atom stereocenters. The van der Waals surface area contributed by atoms with Gasteiger partial charge in [0.25, 0.3) is 0 Å². The summed E-state index contributed by atoms with van der Waals surface area (Å²) in [6.07, 6.45) is 5.64. The second-order valence-corrected chi connectivity index (χ2v) is 4.57. The number of hydrogen-bond acceptors (Lipinski definition) is 3. The highest BCUT2D eigenvalue weighted by Gasteiger charge is 2.04. The van der Waals surface area contributed by atoms with Gasteiger partial charge in [0, 0.05) is 38.1 Å². The Labute approximate surface area is 106 Å². The third-order valence-corrected chi connectivity index (χ3v) is 2.66. The first-order valence-corrected chi connectivity index (χ1v) is 5.78. The van der Waals surface area contributed by atoms with Gasteiger partial charge in [0.15, 0.2) is 0 Å². The second kappa shape index (κ2) is 5.29. The van der Waals surface area contributed by atoms with Crippen molar-refractivity contribution >= 4 is 11.6 Å². The van der Waals surface area contributed by atoms with Crippen LogP contribution in [-0.2, 0) is 20.1 Å². The van der Waals surface area contributed by atoms with E-state index in [0.717, 1.165) is 18.7 Å². The van der Waals surface area contributed by atoms with Crippen LogP contribution in [0, 0.1) is 0 Å². The summed E-state index contributed by atoms with van der Waals surface area (Å²) in [5.74, 6) is 0. The number of halogens is 1. The maximum Gasteiger partial charge on any atom is 0.129 e. The fraction of sp³-hybridized carbons (Fsp3) is 0.333. The Balaban J connectivity index is 1.95. The standard InChI is InChI=1S/C12H15ClN4/c1-16(8-11-6-15-17(2)9-11)7-10-3-4-14-12(13)5-10/h3-6,9H,7-8H2,1-2H3. The van der Waals surface area contributed by atoms with Gasteiger partial charge in [-0.3, -0.25) is 9.58 Å². The average molecular weight is 251 g/mol. The molecule has 0 spiro atoms. The van der Waals surface area contributed by atoms with E-state index in [1.807, 2.05) is 36.3 Å². The van der Waals surface area contributed by atoms with Crippen LogP contribution in [0.1, 0.15) is 11.1 Å². The normalized spacial score (nSPS) is 11.1. The molecular weight excluding hydrogens is 236 g/mol. The first-order valence-electron chi connectivity index (χ1n) is 5.40. The first-order chi connectivity index (χ1) is 8.13. The van der Waals surface area contributed by atoms with Crippen LogP contribution in [0.25, 0.3) is 0 Å². The van der Waals surface area contributed by atoms with Crippen molar-refractivity contribution in [3.63, 3.8) is 0 Å². The molecule has 0 aliphatic heterocycles. The minimum atomic E-state index is 0.539. The Morgan fingerprint density at radius 1 is 1.35 bits per heavy atom. The summed E-state index contributed by atoms with van der Waals surface area (Å²) in [6, 6.07) is 3.87. The molecule has 2 aromatic heterocycles. The third kappa shape index (κ3) is 3.54. The minimum absolute atomic E-state index is 0.539. The van der Waals surface area contributed by atoms with Gasteiger partial charge in [-0.15, -0.1) is 0 Å². The molecule has 0 amide bonds. The highest BCUT2D eigenvalue weighted by molar-refractivity contribution is 6.29. The molecule has 4 nitrogen and oxygen atoms in total. The highest BCUT2D eigenvalue weighted by atomic mass is 35.5. The van der Waals surface area contributed by atoms with Gasteiger partial charge in [-0.1, -0.05) is 11.6 Å². The SMILES string of the molecule is CN(Cc1ccnc(Cl)c1)Cc1cnn(C)c1. The van der Waals surface area contributed by atoms with Crippen LogP contribution >= 0.6 is 11.6 Å². The minimum Gasteiger partial charge on any atom is -0.298 e. The van der Waals surface area contributed by atoms with Crippen LogP contribution < -0.4 is 0 Å². The summed E-state index contributed by atoms with van der Waals surface area (Å²) < 4.78 is 1.81. The van der Waals surface area contributed by atoms with E-state index in [2.05, 4.69) is 22.0 Å². The molecule has 0 aliphatic rings. The predicted octanol–water partition coefficient (Wildman–Crippen LogP) is 2.10. The fourth-order valence-corrected chi connectivity index (χ4v) is 1.97. The summed E-state index contributed by atoms with van der Waals surface area (Å²) in [5.41, 5.74) is 2.37. The monoisotopic (exact) mass is 250 g/mol. The zero-order chi connectivity index (χ0) is 12.3. The molecule has 0 aliphatic carbocycles. The van der Waals surface area contributed by atoms with E-state index < -0.39 is 0 Å². The molecule has 0 N–H and O–H groups in total. The Morgan fingerprint density at radius 3 is 2.76 bits per heavy atom. The number of hydrogen-bond donors (Lipinski definition) is 0. The molecule has 0 fully saturated rings. The quantitative estimate of drug-likeness (QED) is 0.780. The first kappa shape index (κ1) is 12.1. The van der Waals surface area contributed by atoms with Gasteiger partial charge < -0.3 is 0 Å². The van der Waals surface area contributed by atoms with Crippen molar-refractivity contribution in [2.75, 3.05) is 7.05 Å². The van der Waals surface area contributed by atoms with Crippen LogP contribution in [0.5, 0.6) is 0 Å². The van der Waals surface area contributed by atoms with Crippen LogP contribution in [0.2, 0.25) is 5.15 Å². The molecule has 0 saturated heterocycles. The van der Waals surface area contributed by atoms with Crippen LogP contribution in [0.3, 0.4) is 0 Å². The zero-order valence-corrected chi connectivity index (χ0v) is 10.7. The van der Waals surface area contributed by atoms with Gasteiger partial charge >= 0.3 is 0 Å². The zero-order valence-electron chi connectivity index (χ0n) is 9.97. The molecule has 0 bridgehead atoms. The Kier molecular flexibility index (Phi) is 3.76. The molecule has 17 heavy (non-hydrogen) atoms. The average Bonchev–Trinajstić information content (AvgIpc) is 2.63. The van der Waals surface area contributed by atoms with E-state index in [4.69, 9.17) is 11.6 Å². The number of pyridine rings is 1. The number of aryl methyl sites for hydroxylation is 1. The van der Waals surface area contributed by atoms with Gasteiger partial charge in [-0.05, 0) is 24.7 Å². The Hall–Kier alpha value is -1.39.